The van der Waals surface area contributed by atoms with E-state index in [1.54, 1.807) is 4.90 Å². The molecule has 1 amide bonds. The van der Waals surface area contributed by atoms with E-state index in [4.69, 9.17) is 10.8 Å². The topological polar surface area (TPSA) is 66.6 Å². The van der Waals surface area contributed by atoms with E-state index in [1.807, 2.05) is 6.92 Å². The lowest BCUT2D eigenvalue weighted by atomic mass is 9.98. The second-order valence-electron chi connectivity index (χ2n) is 3.99. The molecule has 1 heterocycles. The first-order valence-electron chi connectivity index (χ1n) is 5.34. The summed E-state index contributed by atoms with van der Waals surface area (Å²) in [5.41, 5.74) is 5.68. The predicted octanol–water partition coefficient (Wildman–Crippen LogP) is -0.0454. The highest BCUT2D eigenvalue weighted by atomic mass is 16.3. The summed E-state index contributed by atoms with van der Waals surface area (Å²) in [5.74, 6) is 0.280. The highest BCUT2D eigenvalue weighted by Gasteiger charge is 2.25. The van der Waals surface area contributed by atoms with Crippen molar-refractivity contribution in [3.8, 4) is 0 Å². The number of rotatable bonds is 3. The number of hydrogen-bond donors (Lipinski definition) is 2. The highest BCUT2D eigenvalue weighted by molar-refractivity contribution is 5.81. The van der Waals surface area contributed by atoms with Crippen molar-refractivity contribution in [3.63, 3.8) is 0 Å². The van der Waals surface area contributed by atoms with E-state index in [-0.39, 0.29) is 24.5 Å². The second-order valence-corrected chi connectivity index (χ2v) is 3.99. The molecule has 1 saturated heterocycles. The van der Waals surface area contributed by atoms with Crippen LogP contribution in [0.3, 0.4) is 0 Å². The van der Waals surface area contributed by atoms with Gasteiger partial charge in [-0.1, -0.05) is 6.92 Å². The molecule has 0 aromatic rings. The number of aliphatic hydroxyl groups is 1. The SMILES string of the molecule is CC[C@@H](N)C(=O)N1CCCC(CO)C1. The zero-order valence-corrected chi connectivity index (χ0v) is 8.78. The van der Waals surface area contributed by atoms with Crippen LogP contribution in [-0.2, 0) is 4.79 Å². The van der Waals surface area contributed by atoms with Crippen LogP contribution in [0.25, 0.3) is 0 Å². The molecule has 0 radical (unpaired) electrons. The maximum atomic E-state index is 11.7. The summed E-state index contributed by atoms with van der Waals surface area (Å²) in [6.07, 6.45) is 2.67. The number of amides is 1. The molecule has 3 N–H and O–H groups in total. The van der Waals surface area contributed by atoms with Crippen LogP contribution >= 0.6 is 0 Å². The number of nitrogens with two attached hydrogens (primary N) is 1. The lowest BCUT2D eigenvalue weighted by molar-refractivity contribution is -0.134. The third kappa shape index (κ3) is 2.69. The van der Waals surface area contributed by atoms with Gasteiger partial charge in [0.1, 0.15) is 0 Å². The van der Waals surface area contributed by atoms with E-state index < -0.39 is 0 Å². The highest BCUT2D eigenvalue weighted by Crippen LogP contribution is 2.16. The van der Waals surface area contributed by atoms with Gasteiger partial charge in [-0.25, -0.2) is 0 Å². The molecule has 2 atom stereocenters. The number of piperidine rings is 1. The quantitative estimate of drug-likeness (QED) is 0.671. The molecular formula is C10H20N2O2. The van der Waals surface area contributed by atoms with Crippen LogP contribution in [0.15, 0.2) is 0 Å². The molecular weight excluding hydrogens is 180 g/mol. The monoisotopic (exact) mass is 200 g/mol. The Balaban J connectivity index is 2.47. The van der Waals surface area contributed by atoms with Crippen LogP contribution in [-0.4, -0.2) is 41.7 Å². The number of aliphatic hydroxyl groups excluding tert-OH is 1. The normalized spacial score (nSPS) is 24.8. The number of carbonyl (C=O) groups is 1. The summed E-state index contributed by atoms with van der Waals surface area (Å²) in [5, 5.41) is 9.02. The first kappa shape index (κ1) is 11.5. The zero-order valence-electron chi connectivity index (χ0n) is 8.78. The summed E-state index contributed by atoms with van der Waals surface area (Å²) in [7, 11) is 0. The van der Waals surface area contributed by atoms with Crippen LogP contribution in [0.2, 0.25) is 0 Å². The minimum absolute atomic E-state index is 0.0330. The van der Waals surface area contributed by atoms with Crippen LogP contribution in [0.4, 0.5) is 0 Å². The molecule has 4 nitrogen and oxygen atoms in total. The molecule has 14 heavy (non-hydrogen) atoms. The van der Waals surface area contributed by atoms with Gasteiger partial charge in [0.15, 0.2) is 0 Å². The molecule has 0 bridgehead atoms. The Morgan fingerprint density at radius 2 is 2.43 bits per heavy atom. The third-order valence-corrected chi connectivity index (χ3v) is 2.85. The number of hydrogen-bond acceptors (Lipinski definition) is 3. The van der Waals surface area contributed by atoms with E-state index in [1.165, 1.54) is 0 Å². The van der Waals surface area contributed by atoms with Crippen molar-refractivity contribution in [3.05, 3.63) is 0 Å². The number of carbonyl (C=O) groups excluding carboxylic acids is 1. The summed E-state index contributed by atoms with van der Waals surface area (Å²) < 4.78 is 0. The van der Waals surface area contributed by atoms with Crippen molar-refractivity contribution in [1.29, 1.82) is 0 Å². The van der Waals surface area contributed by atoms with Crippen molar-refractivity contribution < 1.29 is 9.90 Å². The van der Waals surface area contributed by atoms with Gasteiger partial charge < -0.3 is 15.7 Å². The fourth-order valence-corrected chi connectivity index (χ4v) is 1.82. The number of nitrogens with zero attached hydrogens (tertiary/aromatic N) is 1. The van der Waals surface area contributed by atoms with Gasteiger partial charge in [0.05, 0.1) is 6.04 Å². The Kier molecular flexibility index (Phi) is 4.35. The molecule has 4 heteroatoms. The van der Waals surface area contributed by atoms with E-state index in [0.29, 0.717) is 13.0 Å². The number of likely N-dealkylation sites (tertiary alicyclic amines) is 1. The maximum absolute atomic E-state index is 11.7. The third-order valence-electron chi connectivity index (χ3n) is 2.85. The van der Waals surface area contributed by atoms with Gasteiger partial charge >= 0.3 is 0 Å². The van der Waals surface area contributed by atoms with E-state index >= 15 is 0 Å². The zero-order chi connectivity index (χ0) is 10.6. The first-order valence-corrected chi connectivity index (χ1v) is 5.34. The lowest BCUT2D eigenvalue weighted by Crippen LogP contribution is -2.48. The molecule has 0 spiro atoms. The Bertz CT molecular complexity index is 197. The van der Waals surface area contributed by atoms with Crippen molar-refractivity contribution in [2.75, 3.05) is 19.7 Å². The Morgan fingerprint density at radius 1 is 1.71 bits per heavy atom. The van der Waals surface area contributed by atoms with E-state index in [9.17, 15) is 4.79 Å². The van der Waals surface area contributed by atoms with Crippen molar-refractivity contribution >= 4 is 5.91 Å². The molecule has 0 aromatic heterocycles. The minimum Gasteiger partial charge on any atom is -0.396 e. The molecule has 82 valence electrons. The maximum Gasteiger partial charge on any atom is 0.239 e. The van der Waals surface area contributed by atoms with Gasteiger partial charge in [0.25, 0.3) is 0 Å². The molecule has 1 aliphatic rings. The average molecular weight is 200 g/mol. The van der Waals surface area contributed by atoms with Gasteiger partial charge in [-0.15, -0.1) is 0 Å². The fourth-order valence-electron chi connectivity index (χ4n) is 1.82. The molecule has 0 aliphatic carbocycles. The summed E-state index contributed by atoms with van der Waals surface area (Å²) in [4.78, 5) is 13.5. The van der Waals surface area contributed by atoms with Gasteiger partial charge in [-0.2, -0.15) is 0 Å². The smallest absolute Gasteiger partial charge is 0.239 e. The van der Waals surface area contributed by atoms with E-state index in [2.05, 4.69) is 0 Å². The first-order chi connectivity index (χ1) is 6.69. The molecule has 1 unspecified atom stereocenters. The van der Waals surface area contributed by atoms with Crippen LogP contribution in [0, 0.1) is 5.92 Å². The van der Waals surface area contributed by atoms with Gasteiger partial charge in [0, 0.05) is 19.7 Å². The predicted molar refractivity (Wildman–Crippen MR) is 54.7 cm³/mol. The average Bonchev–Trinajstić information content (AvgIpc) is 2.27. The molecule has 1 fully saturated rings. The minimum atomic E-state index is -0.368. The van der Waals surface area contributed by atoms with Crippen LogP contribution in [0.5, 0.6) is 0 Å². The Morgan fingerprint density at radius 3 is 3.00 bits per heavy atom. The standard InChI is InChI=1S/C10H20N2O2/c1-2-9(11)10(14)12-5-3-4-8(6-12)7-13/h8-9,13H,2-7,11H2,1H3/t8?,9-/m1/s1. The molecule has 1 aliphatic heterocycles. The van der Waals surface area contributed by atoms with Gasteiger partial charge in [0.2, 0.25) is 5.91 Å². The summed E-state index contributed by atoms with van der Waals surface area (Å²) >= 11 is 0. The largest absolute Gasteiger partial charge is 0.396 e. The lowest BCUT2D eigenvalue weighted by Gasteiger charge is -2.33. The fraction of sp³-hybridized carbons (Fsp3) is 0.900. The molecule has 0 aromatic carbocycles. The van der Waals surface area contributed by atoms with Crippen molar-refractivity contribution in [2.45, 2.75) is 32.2 Å². The van der Waals surface area contributed by atoms with Crippen LogP contribution < -0.4 is 5.73 Å². The van der Waals surface area contributed by atoms with Crippen LogP contribution in [0.1, 0.15) is 26.2 Å². The van der Waals surface area contributed by atoms with Gasteiger partial charge in [-0.3, -0.25) is 4.79 Å². The molecule has 0 saturated carbocycles. The Labute approximate surface area is 85.1 Å². The summed E-state index contributed by atoms with van der Waals surface area (Å²) in [6.45, 7) is 3.55. The summed E-state index contributed by atoms with van der Waals surface area (Å²) in [6, 6.07) is -0.368. The Hall–Kier alpha value is -0.610. The second kappa shape index (κ2) is 5.32. The van der Waals surface area contributed by atoms with E-state index in [0.717, 1.165) is 19.4 Å². The van der Waals surface area contributed by atoms with Gasteiger partial charge in [-0.05, 0) is 25.2 Å². The van der Waals surface area contributed by atoms with Crippen molar-refractivity contribution in [2.24, 2.45) is 11.7 Å². The van der Waals surface area contributed by atoms with Crippen molar-refractivity contribution in [1.82, 2.24) is 4.90 Å². The molecule has 1 rings (SSSR count).